The SMILES string of the molecule is CCc1nc2ccccc2c(C(=C2Sc3ccccc3N2C)c2ccccc2)[nH+]1.[Cl-]. The highest BCUT2D eigenvalue weighted by molar-refractivity contribution is 8.04. The van der Waals surface area contributed by atoms with Crippen LogP contribution in [0.15, 0.2) is 88.8 Å². The van der Waals surface area contributed by atoms with Crippen LogP contribution >= 0.6 is 11.8 Å². The van der Waals surface area contributed by atoms with Crippen LogP contribution in [0.3, 0.4) is 0 Å². The van der Waals surface area contributed by atoms with Gasteiger partial charge in [0.15, 0.2) is 5.52 Å². The van der Waals surface area contributed by atoms with Gasteiger partial charge in [0.1, 0.15) is 5.69 Å². The van der Waals surface area contributed by atoms with Crippen LogP contribution in [0.4, 0.5) is 5.69 Å². The Morgan fingerprint density at radius 1 is 0.933 bits per heavy atom. The van der Waals surface area contributed by atoms with E-state index in [4.69, 9.17) is 4.98 Å². The van der Waals surface area contributed by atoms with Gasteiger partial charge in [-0.05, 0) is 34.8 Å². The van der Waals surface area contributed by atoms with Crippen molar-refractivity contribution in [1.82, 2.24) is 4.98 Å². The number of halogens is 1. The molecule has 0 saturated carbocycles. The highest BCUT2D eigenvalue weighted by Crippen LogP contribution is 2.49. The summed E-state index contributed by atoms with van der Waals surface area (Å²) in [6.45, 7) is 2.14. The van der Waals surface area contributed by atoms with Crippen molar-refractivity contribution in [3.8, 4) is 0 Å². The zero-order chi connectivity index (χ0) is 19.8. The highest BCUT2D eigenvalue weighted by Gasteiger charge is 2.29. The van der Waals surface area contributed by atoms with E-state index in [1.165, 1.54) is 26.7 Å². The number of fused-ring (bicyclic) bond motifs is 2. The molecule has 0 spiro atoms. The van der Waals surface area contributed by atoms with Gasteiger partial charge < -0.3 is 17.3 Å². The number of H-pyrrole nitrogens is 1. The maximum absolute atomic E-state index is 4.82. The summed E-state index contributed by atoms with van der Waals surface area (Å²) in [5, 5.41) is 2.37. The van der Waals surface area contributed by atoms with Crippen molar-refractivity contribution in [2.24, 2.45) is 0 Å². The number of benzene rings is 3. The Morgan fingerprint density at radius 3 is 2.40 bits per heavy atom. The van der Waals surface area contributed by atoms with Crippen molar-refractivity contribution in [2.75, 3.05) is 11.9 Å². The number of para-hydroxylation sites is 2. The van der Waals surface area contributed by atoms with Crippen LogP contribution in [0, 0.1) is 0 Å². The average molecular weight is 432 g/mol. The molecule has 3 nitrogen and oxygen atoms in total. The molecule has 150 valence electrons. The van der Waals surface area contributed by atoms with Gasteiger partial charge in [-0.2, -0.15) is 0 Å². The second-order valence-electron chi connectivity index (χ2n) is 7.10. The quantitative estimate of drug-likeness (QED) is 0.499. The summed E-state index contributed by atoms with van der Waals surface area (Å²) in [6.07, 6.45) is 0.860. The molecule has 2 heterocycles. The fraction of sp³-hybridized carbons (Fsp3) is 0.120. The molecule has 1 aliphatic heterocycles. The van der Waals surface area contributed by atoms with Crippen LogP contribution in [0.25, 0.3) is 16.5 Å². The number of rotatable bonds is 3. The maximum Gasteiger partial charge on any atom is 0.297 e. The average Bonchev–Trinajstić information content (AvgIpc) is 3.11. The summed E-state index contributed by atoms with van der Waals surface area (Å²) in [5.41, 5.74) is 5.80. The second kappa shape index (κ2) is 8.50. The molecule has 0 radical (unpaired) electrons. The molecule has 5 heteroatoms. The predicted molar refractivity (Wildman–Crippen MR) is 121 cm³/mol. The van der Waals surface area contributed by atoms with E-state index >= 15 is 0 Å². The largest absolute Gasteiger partial charge is 1.00 e. The minimum absolute atomic E-state index is 0. The zero-order valence-corrected chi connectivity index (χ0v) is 18.5. The Balaban J connectivity index is 0.00000218. The van der Waals surface area contributed by atoms with Crippen molar-refractivity contribution in [2.45, 2.75) is 18.2 Å². The fourth-order valence-electron chi connectivity index (χ4n) is 3.83. The Bertz CT molecular complexity index is 1240. The van der Waals surface area contributed by atoms with Gasteiger partial charge in [0, 0.05) is 11.9 Å². The summed E-state index contributed by atoms with van der Waals surface area (Å²) in [5.74, 6) is 0.996. The predicted octanol–water partition coefficient (Wildman–Crippen LogP) is 2.57. The number of hydrogen-bond acceptors (Lipinski definition) is 3. The van der Waals surface area contributed by atoms with Gasteiger partial charge in [-0.3, -0.25) is 0 Å². The lowest BCUT2D eigenvalue weighted by Gasteiger charge is -2.18. The van der Waals surface area contributed by atoms with Gasteiger partial charge in [0.05, 0.1) is 28.1 Å². The third kappa shape index (κ3) is 3.47. The van der Waals surface area contributed by atoms with Crippen LogP contribution in [0.1, 0.15) is 24.0 Å². The van der Waals surface area contributed by atoms with E-state index in [1.54, 1.807) is 0 Å². The Labute approximate surface area is 187 Å². The number of anilines is 1. The molecule has 1 aliphatic rings. The lowest BCUT2D eigenvalue weighted by atomic mass is 9.99. The number of thioether (sulfide) groups is 1. The molecule has 0 saturated heterocycles. The van der Waals surface area contributed by atoms with E-state index in [9.17, 15) is 0 Å². The zero-order valence-electron chi connectivity index (χ0n) is 16.9. The smallest absolute Gasteiger partial charge is 0.297 e. The molecule has 5 rings (SSSR count). The normalized spacial score (nSPS) is 14.4. The number of aryl methyl sites for hydroxylation is 1. The van der Waals surface area contributed by atoms with Gasteiger partial charge in [-0.15, -0.1) is 0 Å². The molecule has 0 aliphatic carbocycles. The van der Waals surface area contributed by atoms with Gasteiger partial charge in [0.25, 0.3) is 5.82 Å². The molecule has 0 amide bonds. The number of nitrogens with one attached hydrogen (secondary N) is 1. The fourth-order valence-corrected chi connectivity index (χ4v) is 5.05. The molecular formula is C25H22ClN3S. The van der Waals surface area contributed by atoms with Gasteiger partial charge in [-0.1, -0.05) is 73.3 Å². The Kier molecular flexibility index (Phi) is 5.80. The van der Waals surface area contributed by atoms with Gasteiger partial charge >= 0.3 is 0 Å². The number of aromatic amines is 1. The Hall–Kier alpha value is -2.82. The minimum atomic E-state index is 0. The molecule has 1 aromatic heterocycles. The van der Waals surface area contributed by atoms with E-state index in [0.717, 1.165) is 28.8 Å². The van der Waals surface area contributed by atoms with Crippen molar-refractivity contribution < 1.29 is 17.4 Å². The molecule has 0 fully saturated rings. The molecule has 1 N–H and O–H groups in total. The van der Waals surface area contributed by atoms with Crippen molar-refractivity contribution in [1.29, 1.82) is 0 Å². The molecule has 30 heavy (non-hydrogen) atoms. The molecule has 0 unspecified atom stereocenters. The maximum atomic E-state index is 4.82. The van der Waals surface area contributed by atoms with Crippen molar-refractivity contribution in [3.05, 3.63) is 101 Å². The second-order valence-corrected chi connectivity index (χ2v) is 8.13. The molecule has 3 aromatic carbocycles. The number of hydrogen-bond donors (Lipinski definition) is 0. The number of nitrogens with zero attached hydrogens (tertiary/aromatic N) is 2. The minimum Gasteiger partial charge on any atom is -1.00 e. The van der Waals surface area contributed by atoms with E-state index < -0.39 is 0 Å². The summed E-state index contributed by atoms with van der Waals surface area (Å²) >= 11 is 1.83. The standard InChI is InChI=1S/C25H21N3S.ClH/c1-3-22-26-19-14-8-7-13-18(19)24(27-22)23(17-11-5-4-6-12-17)25-28(2)20-15-9-10-16-21(20)29-25;/h4-16H,3H2,1-2H3;1H. The third-order valence-corrected chi connectivity index (χ3v) is 6.53. The van der Waals surface area contributed by atoms with Crippen LogP contribution in [-0.4, -0.2) is 12.0 Å². The lowest BCUT2D eigenvalue weighted by Crippen LogP contribution is -3.00. The van der Waals surface area contributed by atoms with Crippen LogP contribution in [0.2, 0.25) is 0 Å². The van der Waals surface area contributed by atoms with Crippen molar-refractivity contribution in [3.63, 3.8) is 0 Å². The summed E-state index contributed by atoms with van der Waals surface area (Å²) in [7, 11) is 2.15. The lowest BCUT2D eigenvalue weighted by molar-refractivity contribution is -0.396. The van der Waals surface area contributed by atoms with E-state index in [2.05, 4.69) is 103 Å². The molecular weight excluding hydrogens is 410 g/mol. The summed E-state index contributed by atoms with van der Waals surface area (Å²) < 4.78 is 0. The molecule has 0 atom stereocenters. The first kappa shape index (κ1) is 20.5. The highest BCUT2D eigenvalue weighted by atomic mass is 35.5. The first-order chi connectivity index (χ1) is 14.3. The van der Waals surface area contributed by atoms with Crippen molar-refractivity contribution >= 4 is 33.9 Å². The molecule has 0 bridgehead atoms. The van der Waals surface area contributed by atoms with Crippen LogP contribution in [-0.2, 0) is 6.42 Å². The van der Waals surface area contributed by atoms with Gasteiger partial charge in [-0.25, -0.2) is 4.98 Å². The Morgan fingerprint density at radius 2 is 1.63 bits per heavy atom. The van der Waals surface area contributed by atoms with E-state index in [1.807, 2.05) is 11.8 Å². The van der Waals surface area contributed by atoms with Crippen LogP contribution < -0.4 is 22.3 Å². The topological polar surface area (TPSA) is 30.3 Å². The third-order valence-electron chi connectivity index (χ3n) is 5.30. The summed E-state index contributed by atoms with van der Waals surface area (Å²) in [4.78, 5) is 12.1. The van der Waals surface area contributed by atoms with Gasteiger partial charge in [0.2, 0.25) is 0 Å². The first-order valence-electron chi connectivity index (χ1n) is 9.88. The monoisotopic (exact) mass is 431 g/mol. The van der Waals surface area contributed by atoms with Crippen LogP contribution in [0.5, 0.6) is 0 Å². The first-order valence-corrected chi connectivity index (χ1v) is 10.7. The molecule has 4 aromatic rings. The van der Waals surface area contributed by atoms with E-state index in [0.29, 0.717) is 0 Å². The van der Waals surface area contributed by atoms with E-state index in [-0.39, 0.29) is 12.4 Å². The number of aromatic nitrogens is 2. The summed E-state index contributed by atoms with van der Waals surface area (Å²) in [6, 6.07) is 27.6.